The normalized spacial score (nSPS) is 11.7. The number of azide groups is 1. The minimum absolute atomic E-state index is 0.0482. The van der Waals surface area contributed by atoms with Crippen molar-refractivity contribution in [2.24, 2.45) is 5.11 Å². The van der Waals surface area contributed by atoms with Gasteiger partial charge in [-0.15, -0.1) is 0 Å². The van der Waals surface area contributed by atoms with Crippen molar-refractivity contribution in [3.63, 3.8) is 0 Å². The van der Waals surface area contributed by atoms with Crippen LogP contribution in [0.2, 0.25) is 0 Å². The van der Waals surface area contributed by atoms with Gasteiger partial charge >= 0.3 is 0 Å². The van der Waals surface area contributed by atoms with Gasteiger partial charge in [-0.25, -0.2) is 5.48 Å². The third-order valence-electron chi connectivity index (χ3n) is 3.05. The number of carbonyl (C=O) groups excluding carboxylic acids is 1. The van der Waals surface area contributed by atoms with Gasteiger partial charge in [-0.05, 0) is 28.3 Å². The molecule has 1 unspecified atom stereocenters. The van der Waals surface area contributed by atoms with Crippen LogP contribution in [0.4, 0.5) is 0 Å². The van der Waals surface area contributed by atoms with E-state index in [0.717, 1.165) is 16.3 Å². The first-order valence-electron chi connectivity index (χ1n) is 6.17. The van der Waals surface area contributed by atoms with E-state index in [1.165, 1.54) is 0 Å². The summed E-state index contributed by atoms with van der Waals surface area (Å²) in [5, 5.41) is 14.3. The average Bonchev–Trinajstić information content (AvgIpc) is 2.47. The van der Waals surface area contributed by atoms with E-state index in [1.807, 2.05) is 42.5 Å². The first-order chi connectivity index (χ1) is 9.72. The maximum absolute atomic E-state index is 11.2. The van der Waals surface area contributed by atoms with E-state index in [2.05, 4.69) is 10.0 Å². The molecule has 0 heterocycles. The number of hydrogen-bond donors (Lipinski definition) is 2. The zero-order chi connectivity index (χ0) is 14.4. The van der Waals surface area contributed by atoms with E-state index >= 15 is 0 Å². The Morgan fingerprint density at radius 3 is 2.75 bits per heavy atom. The van der Waals surface area contributed by atoms with Crippen molar-refractivity contribution >= 4 is 16.7 Å². The van der Waals surface area contributed by atoms with E-state index in [9.17, 15) is 4.79 Å². The Morgan fingerprint density at radius 1 is 1.30 bits per heavy atom. The molecule has 0 spiro atoms. The number of hydroxylamine groups is 1. The standard InChI is InChI=1S/C14H14N4O2/c15-18-16-13(9-14(19)17-20)8-10-5-6-11-3-1-2-4-12(11)7-10/h1-7,13,20H,8-9H2,(H,17,19). The Bertz CT molecular complexity index is 665. The topological polar surface area (TPSA) is 98.1 Å². The van der Waals surface area contributed by atoms with E-state index < -0.39 is 11.9 Å². The molecule has 2 N–H and O–H groups in total. The van der Waals surface area contributed by atoms with Gasteiger partial charge in [0.2, 0.25) is 5.91 Å². The Morgan fingerprint density at radius 2 is 2.05 bits per heavy atom. The molecule has 1 atom stereocenters. The summed E-state index contributed by atoms with van der Waals surface area (Å²) in [6.45, 7) is 0. The average molecular weight is 270 g/mol. The van der Waals surface area contributed by atoms with Gasteiger partial charge in [0, 0.05) is 11.3 Å². The SMILES string of the molecule is [N-]=[N+]=NC(CC(=O)NO)Cc1ccc2ccccc2c1. The van der Waals surface area contributed by atoms with E-state index in [4.69, 9.17) is 10.7 Å². The maximum Gasteiger partial charge on any atom is 0.243 e. The number of rotatable bonds is 5. The lowest BCUT2D eigenvalue weighted by Gasteiger charge is -2.10. The third-order valence-corrected chi connectivity index (χ3v) is 3.05. The molecule has 0 bridgehead atoms. The summed E-state index contributed by atoms with van der Waals surface area (Å²) < 4.78 is 0. The van der Waals surface area contributed by atoms with Gasteiger partial charge in [0.15, 0.2) is 0 Å². The van der Waals surface area contributed by atoms with Crippen molar-refractivity contribution in [2.75, 3.05) is 0 Å². The Balaban J connectivity index is 2.19. The fourth-order valence-electron chi connectivity index (χ4n) is 2.12. The van der Waals surface area contributed by atoms with Crippen LogP contribution in [0, 0.1) is 0 Å². The first kappa shape index (κ1) is 13.9. The predicted octanol–water partition coefficient (Wildman–Crippen LogP) is 2.96. The molecule has 2 aromatic carbocycles. The van der Waals surface area contributed by atoms with Gasteiger partial charge in [0.1, 0.15) is 0 Å². The van der Waals surface area contributed by atoms with E-state index in [-0.39, 0.29) is 6.42 Å². The smallest absolute Gasteiger partial charge is 0.243 e. The summed E-state index contributed by atoms with van der Waals surface area (Å²) in [7, 11) is 0. The van der Waals surface area contributed by atoms with Crippen LogP contribution in [0.15, 0.2) is 47.6 Å². The third kappa shape index (κ3) is 3.47. The maximum atomic E-state index is 11.2. The highest BCUT2D eigenvalue weighted by Gasteiger charge is 2.13. The summed E-state index contributed by atoms with van der Waals surface area (Å²) in [5.41, 5.74) is 11.1. The van der Waals surface area contributed by atoms with Gasteiger partial charge in [0.05, 0.1) is 6.04 Å². The van der Waals surface area contributed by atoms with Gasteiger partial charge in [-0.3, -0.25) is 10.0 Å². The minimum Gasteiger partial charge on any atom is -0.289 e. The lowest BCUT2D eigenvalue weighted by Crippen LogP contribution is -2.24. The fourth-order valence-corrected chi connectivity index (χ4v) is 2.12. The highest BCUT2D eigenvalue weighted by molar-refractivity contribution is 5.83. The molecule has 0 aromatic heterocycles. The van der Waals surface area contributed by atoms with Crippen LogP contribution in [0.3, 0.4) is 0 Å². The zero-order valence-electron chi connectivity index (χ0n) is 10.7. The fraction of sp³-hybridized carbons (Fsp3) is 0.214. The molecule has 102 valence electrons. The van der Waals surface area contributed by atoms with E-state index in [0.29, 0.717) is 6.42 Å². The van der Waals surface area contributed by atoms with Crippen molar-refractivity contribution in [1.29, 1.82) is 0 Å². The monoisotopic (exact) mass is 270 g/mol. The summed E-state index contributed by atoms with van der Waals surface area (Å²) in [6.07, 6.45) is 0.399. The van der Waals surface area contributed by atoms with Crippen molar-refractivity contribution in [3.05, 3.63) is 58.5 Å². The summed E-state index contributed by atoms with van der Waals surface area (Å²) >= 11 is 0. The van der Waals surface area contributed by atoms with E-state index in [1.54, 1.807) is 5.48 Å². The molecule has 1 amide bonds. The number of nitrogens with one attached hydrogen (secondary N) is 1. The Kier molecular flexibility index (Phi) is 4.55. The molecule has 0 saturated heterocycles. The number of amides is 1. The van der Waals surface area contributed by atoms with Crippen LogP contribution in [-0.4, -0.2) is 17.2 Å². The summed E-state index contributed by atoms with van der Waals surface area (Å²) in [6, 6.07) is 13.4. The molecular weight excluding hydrogens is 256 g/mol. The van der Waals surface area contributed by atoms with Gasteiger partial charge < -0.3 is 0 Å². The molecule has 0 aliphatic rings. The van der Waals surface area contributed by atoms with Gasteiger partial charge in [-0.2, -0.15) is 0 Å². The summed E-state index contributed by atoms with van der Waals surface area (Å²) in [4.78, 5) is 13.9. The minimum atomic E-state index is -0.566. The van der Waals surface area contributed by atoms with Gasteiger partial charge in [-0.1, -0.05) is 47.6 Å². The quantitative estimate of drug-likeness (QED) is 0.287. The molecule has 0 radical (unpaired) electrons. The second-order valence-electron chi connectivity index (χ2n) is 4.48. The molecule has 2 rings (SSSR count). The molecule has 20 heavy (non-hydrogen) atoms. The number of fused-ring (bicyclic) bond motifs is 1. The van der Waals surface area contributed by atoms with Crippen LogP contribution in [0.1, 0.15) is 12.0 Å². The molecular formula is C14H14N4O2. The Hall–Kier alpha value is -2.56. The molecule has 6 heteroatoms. The lowest BCUT2D eigenvalue weighted by atomic mass is 10.0. The molecule has 0 fully saturated rings. The van der Waals surface area contributed by atoms with Crippen molar-refractivity contribution in [2.45, 2.75) is 18.9 Å². The number of carbonyl (C=O) groups is 1. The highest BCUT2D eigenvalue weighted by Crippen LogP contribution is 2.18. The van der Waals surface area contributed by atoms with Gasteiger partial charge in [0.25, 0.3) is 0 Å². The van der Waals surface area contributed by atoms with Crippen molar-refractivity contribution < 1.29 is 10.0 Å². The molecule has 0 aliphatic heterocycles. The number of benzene rings is 2. The molecule has 2 aromatic rings. The number of nitrogens with zero attached hydrogens (tertiary/aromatic N) is 3. The second kappa shape index (κ2) is 6.56. The van der Waals surface area contributed by atoms with Crippen LogP contribution in [0.25, 0.3) is 21.2 Å². The second-order valence-corrected chi connectivity index (χ2v) is 4.48. The number of hydrogen-bond acceptors (Lipinski definition) is 3. The van der Waals surface area contributed by atoms with Crippen LogP contribution in [-0.2, 0) is 11.2 Å². The van der Waals surface area contributed by atoms with Crippen LogP contribution >= 0.6 is 0 Å². The molecule has 0 aliphatic carbocycles. The zero-order valence-corrected chi connectivity index (χ0v) is 10.7. The Labute approximate surface area is 115 Å². The molecule has 6 nitrogen and oxygen atoms in total. The predicted molar refractivity (Wildman–Crippen MR) is 75.1 cm³/mol. The van der Waals surface area contributed by atoms with Crippen molar-refractivity contribution in [3.8, 4) is 0 Å². The summed E-state index contributed by atoms with van der Waals surface area (Å²) in [5.74, 6) is -0.566. The van der Waals surface area contributed by atoms with Crippen molar-refractivity contribution in [1.82, 2.24) is 5.48 Å². The highest BCUT2D eigenvalue weighted by atomic mass is 16.5. The first-order valence-corrected chi connectivity index (χ1v) is 6.17. The largest absolute Gasteiger partial charge is 0.289 e. The van der Waals surface area contributed by atoms with Crippen LogP contribution < -0.4 is 5.48 Å². The van der Waals surface area contributed by atoms with Crippen LogP contribution in [0.5, 0.6) is 0 Å². The lowest BCUT2D eigenvalue weighted by molar-refractivity contribution is -0.129. The molecule has 0 saturated carbocycles.